The number of carbonyl (C=O) groups excluding carboxylic acids is 1. The van der Waals surface area contributed by atoms with Gasteiger partial charge in [0.25, 0.3) is 11.6 Å². The minimum Gasteiger partial charge on any atom is -0.484 e. The molecule has 0 unspecified atom stereocenters. The van der Waals surface area contributed by atoms with Crippen LogP contribution in [0.1, 0.15) is 0 Å². The van der Waals surface area contributed by atoms with Gasteiger partial charge in [0.1, 0.15) is 11.3 Å². The molecule has 8 nitrogen and oxygen atoms in total. The lowest BCUT2D eigenvalue weighted by atomic mass is 10.2. The molecule has 0 radical (unpaired) electrons. The van der Waals surface area contributed by atoms with Gasteiger partial charge in [-0.1, -0.05) is 29.3 Å². The Hall–Kier alpha value is -3.62. The molecule has 4 aromatic rings. The first-order chi connectivity index (χ1) is 14.9. The smallest absolute Gasteiger partial charge is 0.269 e. The van der Waals surface area contributed by atoms with E-state index in [-0.39, 0.29) is 12.3 Å². The molecule has 1 amide bonds. The highest BCUT2D eigenvalue weighted by Crippen LogP contribution is 2.34. The zero-order valence-corrected chi connectivity index (χ0v) is 17.2. The monoisotopic (exact) mass is 457 g/mol. The van der Waals surface area contributed by atoms with Gasteiger partial charge in [-0.25, -0.2) is 4.98 Å². The van der Waals surface area contributed by atoms with Crippen molar-refractivity contribution < 1.29 is 18.9 Å². The van der Waals surface area contributed by atoms with Crippen molar-refractivity contribution in [1.82, 2.24) is 4.98 Å². The molecule has 1 N–H and O–H groups in total. The zero-order valence-electron chi connectivity index (χ0n) is 15.7. The van der Waals surface area contributed by atoms with Gasteiger partial charge in [-0.05, 0) is 42.5 Å². The summed E-state index contributed by atoms with van der Waals surface area (Å²) in [4.78, 5) is 26.8. The molecule has 10 heteroatoms. The third-order valence-electron chi connectivity index (χ3n) is 4.27. The van der Waals surface area contributed by atoms with Gasteiger partial charge < -0.3 is 14.5 Å². The number of anilines is 1. The fourth-order valence-corrected chi connectivity index (χ4v) is 3.18. The Morgan fingerprint density at radius 3 is 2.65 bits per heavy atom. The summed E-state index contributed by atoms with van der Waals surface area (Å²) in [6, 6.07) is 15.6. The van der Waals surface area contributed by atoms with Crippen LogP contribution in [0.3, 0.4) is 0 Å². The number of hydrogen-bond donors (Lipinski definition) is 1. The van der Waals surface area contributed by atoms with Crippen molar-refractivity contribution in [2.75, 3.05) is 11.9 Å². The number of amides is 1. The molecule has 0 atom stereocenters. The van der Waals surface area contributed by atoms with Crippen LogP contribution in [0.2, 0.25) is 10.0 Å². The summed E-state index contributed by atoms with van der Waals surface area (Å²) in [5.74, 6) is 0.252. The maximum absolute atomic E-state index is 12.2. The van der Waals surface area contributed by atoms with Gasteiger partial charge in [-0.15, -0.1) is 0 Å². The van der Waals surface area contributed by atoms with E-state index >= 15 is 0 Å². The molecule has 156 valence electrons. The number of nitro groups is 1. The number of nitrogens with zero attached hydrogens (tertiary/aromatic N) is 2. The van der Waals surface area contributed by atoms with Crippen molar-refractivity contribution >= 4 is 51.6 Å². The SMILES string of the molecule is O=C(COc1ccc([N+](=O)[O-])cc1)Nc1ccc2oc(-c3cccc(Cl)c3Cl)nc2c1. The van der Waals surface area contributed by atoms with E-state index in [0.29, 0.717) is 44.0 Å². The lowest BCUT2D eigenvalue weighted by Gasteiger charge is -2.07. The average molecular weight is 458 g/mol. The molecule has 0 saturated heterocycles. The number of carbonyl (C=O) groups is 1. The van der Waals surface area contributed by atoms with Crippen LogP contribution < -0.4 is 10.1 Å². The number of hydrogen-bond acceptors (Lipinski definition) is 6. The summed E-state index contributed by atoms with van der Waals surface area (Å²) in [5.41, 5.74) is 2.05. The van der Waals surface area contributed by atoms with Gasteiger partial charge in [-0.2, -0.15) is 0 Å². The third kappa shape index (κ3) is 4.60. The Kier molecular flexibility index (Phi) is 5.75. The first kappa shape index (κ1) is 20.6. The van der Waals surface area contributed by atoms with Crippen LogP contribution in [0.25, 0.3) is 22.6 Å². The van der Waals surface area contributed by atoms with Crippen LogP contribution in [-0.4, -0.2) is 22.4 Å². The highest BCUT2D eigenvalue weighted by Gasteiger charge is 2.14. The first-order valence-corrected chi connectivity index (χ1v) is 9.68. The maximum atomic E-state index is 12.2. The van der Waals surface area contributed by atoms with E-state index in [4.69, 9.17) is 32.4 Å². The summed E-state index contributed by atoms with van der Waals surface area (Å²) < 4.78 is 11.1. The van der Waals surface area contributed by atoms with Gasteiger partial charge in [0.05, 0.1) is 20.5 Å². The number of nitro benzene ring substituents is 1. The minimum absolute atomic E-state index is 0.0591. The van der Waals surface area contributed by atoms with Gasteiger partial charge in [-0.3, -0.25) is 14.9 Å². The third-order valence-corrected chi connectivity index (χ3v) is 5.09. The molecule has 0 saturated carbocycles. The number of benzene rings is 3. The van der Waals surface area contributed by atoms with Crippen LogP contribution in [0.4, 0.5) is 11.4 Å². The van der Waals surface area contributed by atoms with E-state index in [1.807, 2.05) is 0 Å². The number of aromatic nitrogens is 1. The molecule has 3 aromatic carbocycles. The van der Waals surface area contributed by atoms with Crippen LogP contribution >= 0.6 is 23.2 Å². The van der Waals surface area contributed by atoms with Crippen LogP contribution in [0.15, 0.2) is 65.1 Å². The van der Waals surface area contributed by atoms with Crippen LogP contribution in [0, 0.1) is 10.1 Å². The molecular weight excluding hydrogens is 445 g/mol. The fraction of sp³-hybridized carbons (Fsp3) is 0.0476. The summed E-state index contributed by atoms with van der Waals surface area (Å²) >= 11 is 12.3. The number of nitrogens with one attached hydrogen (secondary N) is 1. The summed E-state index contributed by atoms with van der Waals surface area (Å²) in [5, 5.41) is 14.1. The van der Waals surface area contributed by atoms with Crippen molar-refractivity contribution in [2.45, 2.75) is 0 Å². The number of oxazole rings is 1. The quantitative estimate of drug-likeness (QED) is 0.292. The predicted octanol–water partition coefficient (Wildman–Crippen LogP) is 5.73. The number of fused-ring (bicyclic) bond motifs is 1. The molecule has 0 spiro atoms. The van der Waals surface area contributed by atoms with Crippen molar-refractivity contribution in [3.8, 4) is 17.2 Å². The predicted molar refractivity (Wildman–Crippen MR) is 117 cm³/mol. The molecule has 0 fully saturated rings. The molecule has 1 aromatic heterocycles. The van der Waals surface area contributed by atoms with E-state index in [1.54, 1.807) is 36.4 Å². The molecule has 4 rings (SSSR count). The van der Waals surface area contributed by atoms with Crippen LogP contribution in [0.5, 0.6) is 5.75 Å². The number of non-ortho nitro benzene ring substituents is 1. The van der Waals surface area contributed by atoms with Crippen molar-refractivity contribution in [2.24, 2.45) is 0 Å². The minimum atomic E-state index is -0.512. The molecule has 0 bridgehead atoms. The Bertz CT molecular complexity index is 1290. The van der Waals surface area contributed by atoms with Gasteiger partial charge >= 0.3 is 0 Å². The second-order valence-electron chi connectivity index (χ2n) is 6.39. The van der Waals surface area contributed by atoms with E-state index in [2.05, 4.69) is 10.3 Å². The summed E-state index contributed by atoms with van der Waals surface area (Å²) in [6.07, 6.45) is 0. The van der Waals surface area contributed by atoms with Crippen LogP contribution in [-0.2, 0) is 4.79 Å². The highest BCUT2D eigenvalue weighted by atomic mass is 35.5. The standard InChI is InChI=1S/C21H13Cl2N3O5/c22-16-3-1-2-15(20(16)23)21-25-17-10-12(4-9-18(17)31-21)24-19(27)11-30-14-7-5-13(6-8-14)26(28)29/h1-10H,11H2,(H,24,27). The molecule has 1 heterocycles. The Morgan fingerprint density at radius 1 is 1.13 bits per heavy atom. The summed E-state index contributed by atoms with van der Waals surface area (Å²) in [6.45, 7) is -0.266. The zero-order chi connectivity index (χ0) is 22.0. The van der Waals surface area contributed by atoms with Gasteiger partial charge in [0, 0.05) is 17.8 Å². The van der Waals surface area contributed by atoms with E-state index in [0.717, 1.165) is 0 Å². The number of ether oxygens (including phenoxy) is 1. The fourth-order valence-electron chi connectivity index (χ4n) is 2.80. The molecule has 0 aliphatic heterocycles. The van der Waals surface area contributed by atoms with E-state index < -0.39 is 10.8 Å². The van der Waals surface area contributed by atoms with Crippen molar-refractivity contribution in [1.29, 1.82) is 0 Å². The molecule has 0 aliphatic carbocycles. The number of halogens is 2. The van der Waals surface area contributed by atoms with Crippen molar-refractivity contribution in [3.05, 3.63) is 80.8 Å². The largest absolute Gasteiger partial charge is 0.484 e. The second kappa shape index (κ2) is 8.63. The lowest BCUT2D eigenvalue weighted by Crippen LogP contribution is -2.20. The molecule has 0 aliphatic rings. The normalized spacial score (nSPS) is 10.8. The topological polar surface area (TPSA) is 108 Å². The maximum Gasteiger partial charge on any atom is 0.269 e. The van der Waals surface area contributed by atoms with E-state index in [9.17, 15) is 14.9 Å². The summed E-state index contributed by atoms with van der Waals surface area (Å²) in [7, 11) is 0. The lowest BCUT2D eigenvalue weighted by molar-refractivity contribution is -0.384. The van der Waals surface area contributed by atoms with Crippen molar-refractivity contribution in [3.63, 3.8) is 0 Å². The highest BCUT2D eigenvalue weighted by molar-refractivity contribution is 6.43. The van der Waals surface area contributed by atoms with Gasteiger partial charge in [0.2, 0.25) is 5.89 Å². The molecule has 31 heavy (non-hydrogen) atoms. The second-order valence-corrected chi connectivity index (χ2v) is 7.18. The van der Waals surface area contributed by atoms with E-state index in [1.165, 1.54) is 24.3 Å². The molecular formula is C21H13Cl2N3O5. The average Bonchev–Trinajstić information content (AvgIpc) is 3.17. The first-order valence-electron chi connectivity index (χ1n) is 8.93. The van der Waals surface area contributed by atoms with Gasteiger partial charge in [0.15, 0.2) is 12.2 Å². The number of rotatable bonds is 6. The Labute approximate surface area is 185 Å². The Morgan fingerprint density at radius 2 is 1.90 bits per heavy atom. The Balaban J connectivity index is 1.44.